The van der Waals surface area contributed by atoms with Gasteiger partial charge in [-0.1, -0.05) is 12.7 Å². The van der Waals surface area contributed by atoms with Gasteiger partial charge >= 0.3 is 0 Å². The molecule has 3 nitrogen and oxygen atoms in total. The molecular formula is C8H14O3. The van der Waals surface area contributed by atoms with Crippen molar-refractivity contribution in [2.75, 3.05) is 20.8 Å². The SMILES string of the molecule is C=CCOC(OC)C(=C)OC. The monoisotopic (exact) mass is 158 g/mol. The van der Waals surface area contributed by atoms with Crippen molar-refractivity contribution >= 4 is 0 Å². The first-order valence-corrected chi connectivity index (χ1v) is 3.24. The van der Waals surface area contributed by atoms with Crippen molar-refractivity contribution in [1.29, 1.82) is 0 Å². The first-order valence-electron chi connectivity index (χ1n) is 3.24. The van der Waals surface area contributed by atoms with Crippen LogP contribution in [0.25, 0.3) is 0 Å². The Morgan fingerprint density at radius 1 is 1.55 bits per heavy atom. The summed E-state index contributed by atoms with van der Waals surface area (Å²) in [5, 5.41) is 0. The summed E-state index contributed by atoms with van der Waals surface area (Å²) in [5.41, 5.74) is 0. The number of ether oxygens (including phenoxy) is 3. The van der Waals surface area contributed by atoms with E-state index in [9.17, 15) is 0 Å². The molecule has 0 spiro atoms. The Kier molecular flexibility index (Phi) is 5.51. The average molecular weight is 158 g/mol. The van der Waals surface area contributed by atoms with E-state index in [0.29, 0.717) is 12.4 Å². The third-order valence-corrected chi connectivity index (χ3v) is 1.10. The van der Waals surface area contributed by atoms with Gasteiger partial charge < -0.3 is 14.2 Å². The van der Waals surface area contributed by atoms with Crippen molar-refractivity contribution in [1.82, 2.24) is 0 Å². The quantitative estimate of drug-likeness (QED) is 0.331. The van der Waals surface area contributed by atoms with Crippen LogP contribution in [0.3, 0.4) is 0 Å². The molecule has 0 saturated heterocycles. The highest BCUT2D eigenvalue weighted by molar-refractivity contribution is 4.87. The van der Waals surface area contributed by atoms with Gasteiger partial charge in [0.2, 0.25) is 6.29 Å². The fourth-order valence-corrected chi connectivity index (χ4v) is 0.544. The van der Waals surface area contributed by atoms with Crippen LogP contribution in [0.2, 0.25) is 0 Å². The summed E-state index contributed by atoms with van der Waals surface area (Å²) in [7, 11) is 3.05. The van der Waals surface area contributed by atoms with E-state index < -0.39 is 6.29 Å². The molecular weight excluding hydrogens is 144 g/mol. The van der Waals surface area contributed by atoms with Crippen LogP contribution >= 0.6 is 0 Å². The number of hydrogen-bond acceptors (Lipinski definition) is 3. The molecule has 0 bridgehead atoms. The average Bonchev–Trinajstić information content (AvgIpc) is 2.05. The maximum atomic E-state index is 5.13. The predicted octanol–water partition coefficient (Wildman–Crippen LogP) is 1.32. The van der Waals surface area contributed by atoms with Crippen molar-refractivity contribution in [2.24, 2.45) is 0 Å². The standard InChI is InChI=1S/C8H14O3/c1-5-6-11-8(10-4)7(2)9-3/h5,8H,1-2,6H2,3-4H3. The van der Waals surface area contributed by atoms with E-state index in [4.69, 9.17) is 14.2 Å². The Labute approximate surface area is 67.3 Å². The van der Waals surface area contributed by atoms with Gasteiger partial charge in [-0.05, 0) is 0 Å². The van der Waals surface area contributed by atoms with E-state index in [-0.39, 0.29) is 0 Å². The lowest BCUT2D eigenvalue weighted by atomic mass is 10.5. The molecule has 0 aromatic carbocycles. The molecule has 0 rings (SSSR count). The molecule has 3 heteroatoms. The molecule has 0 fully saturated rings. The van der Waals surface area contributed by atoms with Crippen molar-refractivity contribution in [3.8, 4) is 0 Å². The minimum atomic E-state index is -0.502. The van der Waals surface area contributed by atoms with Crippen molar-refractivity contribution in [3.63, 3.8) is 0 Å². The lowest BCUT2D eigenvalue weighted by Crippen LogP contribution is -2.18. The third-order valence-electron chi connectivity index (χ3n) is 1.10. The second-order valence-corrected chi connectivity index (χ2v) is 1.86. The second-order valence-electron chi connectivity index (χ2n) is 1.86. The van der Waals surface area contributed by atoms with Gasteiger partial charge in [-0.2, -0.15) is 0 Å². The molecule has 0 N–H and O–H groups in total. The summed E-state index contributed by atoms with van der Waals surface area (Å²) in [5.74, 6) is 0.453. The summed E-state index contributed by atoms with van der Waals surface area (Å²) in [4.78, 5) is 0. The minimum Gasteiger partial charge on any atom is -0.496 e. The zero-order valence-electron chi connectivity index (χ0n) is 7.00. The Morgan fingerprint density at radius 2 is 2.18 bits per heavy atom. The molecule has 1 atom stereocenters. The zero-order valence-corrected chi connectivity index (χ0v) is 7.00. The molecule has 1 unspecified atom stereocenters. The van der Waals surface area contributed by atoms with E-state index in [1.54, 1.807) is 6.08 Å². The topological polar surface area (TPSA) is 27.7 Å². The molecule has 0 aromatic heterocycles. The van der Waals surface area contributed by atoms with Gasteiger partial charge in [0.1, 0.15) is 5.76 Å². The van der Waals surface area contributed by atoms with Gasteiger partial charge in [0, 0.05) is 7.11 Å². The first-order chi connectivity index (χ1) is 5.26. The maximum Gasteiger partial charge on any atom is 0.215 e. The molecule has 0 amide bonds. The maximum absolute atomic E-state index is 5.13. The van der Waals surface area contributed by atoms with Crippen LogP contribution in [-0.2, 0) is 14.2 Å². The van der Waals surface area contributed by atoms with Gasteiger partial charge in [0.25, 0.3) is 0 Å². The van der Waals surface area contributed by atoms with Crippen LogP contribution in [0.1, 0.15) is 0 Å². The highest BCUT2D eigenvalue weighted by atomic mass is 16.7. The van der Waals surface area contributed by atoms with Gasteiger partial charge in [-0.25, -0.2) is 0 Å². The highest BCUT2D eigenvalue weighted by Crippen LogP contribution is 2.05. The fourth-order valence-electron chi connectivity index (χ4n) is 0.544. The molecule has 11 heavy (non-hydrogen) atoms. The smallest absolute Gasteiger partial charge is 0.215 e. The van der Waals surface area contributed by atoms with Gasteiger partial charge in [0.15, 0.2) is 0 Å². The highest BCUT2D eigenvalue weighted by Gasteiger charge is 2.10. The summed E-state index contributed by atoms with van der Waals surface area (Å²) in [6.45, 7) is 7.51. The van der Waals surface area contributed by atoms with Crippen LogP contribution in [0.5, 0.6) is 0 Å². The molecule has 0 aliphatic heterocycles. The van der Waals surface area contributed by atoms with Gasteiger partial charge in [0.05, 0.1) is 13.7 Å². The Hall–Kier alpha value is -0.800. The van der Waals surface area contributed by atoms with E-state index in [0.717, 1.165) is 0 Å². The summed E-state index contributed by atoms with van der Waals surface area (Å²) < 4.78 is 14.9. The van der Waals surface area contributed by atoms with E-state index in [1.165, 1.54) is 14.2 Å². The van der Waals surface area contributed by atoms with E-state index in [1.807, 2.05) is 0 Å². The largest absolute Gasteiger partial charge is 0.496 e. The Bertz CT molecular complexity index is 131. The third kappa shape index (κ3) is 3.80. The summed E-state index contributed by atoms with van der Waals surface area (Å²) in [6, 6.07) is 0. The Balaban J connectivity index is 3.74. The molecule has 0 saturated carbocycles. The predicted molar refractivity (Wildman–Crippen MR) is 43.1 cm³/mol. The minimum absolute atomic E-state index is 0.418. The van der Waals surface area contributed by atoms with Crippen LogP contribution in [0, 0.1) is 0 Å². The number of methoxy groups -OCH3 is 2. The second kappa shape index (κ2) is 5.95. The van der Waals surface area contributed by atoms with Crippen LogP contribution in [-0.4, -0.2) is 27.1 Å². The lowest BCUT2D eigenvalue weighted by Gasteiger charge is -2.15. The first kappa shape index (κ1) is 10.2. The van der Waals surface area contributed by atoms with Crippen molar-refractivity contribution in [3.05, 3.63) is 25.0 Å². The molecule has 64 valence electrons. The molecule has 0 aromatic rings. The summed E-state index contributed by atoms with van der Waals surface area (Å²) >= 11 is 0. The number of rotatable bonds is 6. The van der Waals surface area contributed by atoms with Crippen LogP contribution < -0.4 is 0 Å². The van der Waals surface area contributed by atoms with Gasteiger partial charge in [-0.3, -0.25) is 0 Å². The van der Waals surface area contributed by atoms with Crippen molar-refractivity contribution < 1.29 is 14.2 Å². The van der Waals surface area contributed by atoms with E-state index >= 15 is 0 Å². The van der Waals surface area contributed by atoms with E-state index in [2.05, 4.69) is 13.2 Å². The van der Waals surface area contributed by atoms with Crippen LogP contribution in [0.4, 0.5) is 0 Å². The zero-order chi connectivity index (χ0) is 8.69. The van der Waals surface area contributed by atoms with Gasteiger partial charge in [-0.15, -0.1) is 6.58 Å². The van der Waals surface area contributed by atoms with Crippen molar-refractivity contribution in [2.45, 2.75) is 6.29 Å². The fraction of sp³-hybridized carbons (Fsp3) is 0.500. The molecule has 0 radical (unpaired) electrons. The molecule has 0 heterocycles. The molecule has 0 aliphatic rings. The summed E-state index contributed by atoms with van der Waals surface area (Å²) in [6.07, 6.45) is 1.13. The van der Waals surface area contributed by atoms with Crippen LogP contribution in [0.15, 0.2) is 25.0 Å². The number of hydrogen-bond donors (Lipinski definition) is 0. The Morgan fingerprint density at radius 3 is 2.55 bits per heavy atom. The lowest BCUT2D eigenvalue weighted by molar-refractivity contribution is -0.112. The normalized spacial score (nSPS) is 12.2. The molecule has 0 aliphatic carbocycles.